The van der Waals surface area contributed by atoms with Crippen molar-refractivity contribution in [3.8, 4) is 17.1 Å². The molecule has 0 spiro atoms. The Morgan fingerprint density at radius 3 is 2.31 bits per heavy atom. The number of benzene rings is 1. The van der Waals surface area contributed by atoms with E-state index in [1.54, 1.807) is 45.2 Å². The third-order valence-corrected chi connectivity index (χ3v) is 7.99. The van der Waals surface area contributed by atoms with Crippen LogP contribution >= 0.6 is 0 Å². The summed E-state index contributed by atoms with van der Waals surface area (Å²) in [7, 11) is 6.74. The number of hydrogen-bond donors (Lipinski definition) is 5. The zero-order valence-corrected chi connectivity index (χ0v) is 21.8. The van der Waals surface area contributed by atoms with Crippen molar-refractivity contribution in [2.24, 2.45) is 17.6 Å². The van der Waals surface area contributed by atoms with Gasteiger partial charge in [-0.05, 0) is 50.6 Å². The van der Waals surface area contributed by atoms with E-state index in [-0.39, 0.29) is 35.4 Å². The summed E-state index contributed by atoms with van der Waals surface area (Å²) in [6, 6.07) is 2.25. The number of phenols is 1. The largest absolute Gasteiger partial charge is 0.510 e. The average molecular weight is 536 g/mol. The van der Waals surface area contributed by atoms with Crippen LogP contribution in [0.15, 0.2) is 47.2 Å². The lowest BCUT2D eigenvalue weighted by molar-refractivity contribution is -0.148. The van der Waals surface area contributed by atoms with Crippen LogP contribution in [0.5, 0.6) is 5.75 Å². The van der Waals surface area contributed by atoms with Crippen LogP contribution in [0.4, 0.5) is 5.69 Å². The van der Waals surface area contributed by atoms with Crippen LogP contribution < -0.4 is 10.6 Å². The van der Waals surface area contributed by atoms with Crippen molar-refractivity contribution in [1.82, 2.24) is 14.9 Å². The second-order valence-corrected chi connectivity index (χ2v) is 10.6. The molecule has 204 valence electrons. The predicted molar refractivity (Wildman–Crippen MR) is 139 cm³/mol. The summed E-state index contributed by atoms with van der Waals surface area (Å²) in [6.45, 7) is 0. The molecule has 4 atom stereocenters. The number of aromatic nitrogens is 2. The minimum atomic E-state index is -2.69. The van der Waals surface area contributed by atoms with Gasteiger partial charge < -0.3 is 31.1 Å². The minimum absolute atomic E-state index is 0.0168. The molecule has 2 aromatic rings. The second-order valence-electron chi connectivity index (χ2n) is 10.6. The lowest BCUT2D eigenvalue weighted by Crippen LogP contribution is -2.63. The van der Waals surface area contributed by atoms with E-state index in [0.717, 1.165) is 0 Å². The van der Waals surface area contributed by atoms with E-state index in [1.807, 2.05) is 0 Å². The molecule has 0 radical (unpaired) electrons. The maximum absolute atomic E-state index is 14.0. The Morgan fingerprint density at radius 2 is 1.74 bits per heavy atom. The molecule has 12 nitrogen and oxygen atoms in total. The van der Waals surface area contributed by atoms with Crippen LogP contribution in [-0.2, 0) is 16.0 Å². The highest BCUT2D eigenvalue weighted by atomic mass is 16.3. The van der Waals surface area contributed by atoms with Gasteiger partial charge in [-0.25, -0.2) is 9.97 Å². The van der Waals surface area contributed by atoms with Gasteiger partial charge >= 0.3 is 0 Å². The zero-order valence-electron chi connectivity index (χ0n) is 21.8. The highest BCUT2D eigenvalue weighted by Gasteiger charge is 2.63. The topological polar surface area (TPSA) is 190 Å². The molecule has 6 N–H and O–H groups in total. The standard InChI is InChI=1S/C27H29N5O7/c1-31(2)15-10-13(26-29-6-5-7-30-26)20(33)17-12(15)8-11-9-14-19(32(3)4)22(35)18(25(28)38)24(37)27(14,39)23(36)16(11)21(17)34/h5-7,10-11,14,19,33,35-36,39H,8-9H2,1-4H3,(H2,28,38)/t11-,14-,19-,27-/m0/s1. The Labute approximate surface area is 223 Å². The number of nitrogens with two attached hydrogens (primary N) is 1. The molecule has 5 rings (SSSR count). The van der Waals surface area contributed by atoms with E-state index in [1.165, 1.54) is 17.3 Å². The van der Waals surface area contributed by atoms with Crippen molar-refractivity contribution in [1.29, 1.82) is 0 Å². The van der Waals surface area contributed by atoms with Gasteiger partial charge in [0, 0.05) is 43.7 Å². The van der Waals surface area contributed by atoms with Crippen LogP contribution in [0.1, 0.15) is 22.3 Å². The lowest BCUT2D eigenvalue weighted by atomic mass is 9.58. The molecule has 12 heteroatoms. The predicted octanol–water partition coefficient (Wildman–Crippen LogP) is 0.644. The number of allylic oxidation sites excluding steroid dienone is 1. The van der Waals surface area contributed by atoms with Gasteiger partial charge in [0.1, 0.15) is 22.8 Å². The summed E-state index contributed by atoms with van der Waals surface area (Å²) in [5.41, 5.74) is 2.87. The van der Waals surface area contributed by atoms with Crippen molar-refractivity contribution in [2.45, 2.75) is 24.5 Å². The van der Waals surface area contributed by atoms with Gasteiger partial charge in [-0.1, -0.05) is 0 Å². The molecule has 1 aromatic heterocycles. The van der Waals surface area contributed by atoms with Gasteiger partial charge in [-0.15, -0.1) is 0 Å². The van der Waals surface area contributed by atoms with E-state index in [2.05, 4.69) is 9.97 Å². The number of aliphatic hydroxyl groups is 3. The first-order valence-electron chi connectivity index (χ1n) is 12.3. The molecule has 39 heavy (non-hydrogen) atoms. The summed E-state index contributed by atoms with van der Waals surface area (Å²) in [5, 5.41) is 45.4. The number of likely N-dealkylation sites (N-methyl/N-ethyl adjacent to an activating group) is 1. The monoisotopic (exact) mass is 535 g/mol. The van der Waals surface area contributed by atoms with E-state index < -0.39 is 63.8 Å². The van der Waals surface area contributed by atoms with Crippen molar-refractivity contribution in [3.63, 3.8) is 0 Å². The number of fused-ring (bicyclic) bond motifs is 3. The quantitative estimate of drug-likeness (QED) is 0.345. The number of carbonyl (C=O) groups is 3. The molecular weight excluding hydrogens is 506 g/mol. The summed E-state index contributed by atoms with van der Waals surface area (Å²) >= 11 is 0. The number of anilines is 1. The third-order valence-electron chi connectivity index (χ3n) is 7.99. The van der Waals surface area contributed by atoms with Crippen LogP contribution in [0.25, 0.3) is 11.4 Å². The first-order valence-corrected chi connectivity index (χ1v) is 12.3. The fourth-order valence-electron chi connectivity index (χ4n) is 6.31. The number of hydrogen-bond acceptors (Lipinski definition) is 11. The number of ketones is 2. The Balaban J connectivity index is 1.76. The first-order chi connectivity index (χ1) is 18.3. The summed E-state index contributed by atoms with van der Waals surface area (Å²) in [5.74, 6) is -6.78. The fourth-order valence-corrected chi connectivity index (χ4v) is 6.31. The van der Waals surface area contributed by atoms with E-state index in [9.17, 15) is 34.8 Å². The Bertz CT molecular complexity index is 1500. The normalized spacial score (nSPS) is 26.4. The fraction of sp³-hybridized carbons (Fsp3) is 0.370. The second kappa shape index (κ2) is 8.89. The van der Waals surface area contributed by atoms with Gasteiger partial charge in [0.05, 0.1) is 17.2 Å². The number of carbonyl (C=O) groups excluding carboxylic acids is 3. The van der Waals surface area contributed by atoms with Crippen LogP contribution in [-0.4, -0.2) is 92.6 Å². The number of primary amides is 1. The van der Waals surface area contributed by atoms with Crippen molar-refractivity contribution >= 4 is 23.2 Å². The molecule has 1 amide bonds. The summed E-state index contributed by atoms with van der Waals surface area (Å²) < 4.78 is 0. The van der Waals surface area contributed by atoms with E-state index in [4.69, 9.17) is 5.73 Å². The molecule has 0 fully saturated rings. The zero-order chi connectivity index (χ0) is 28.5. The molecule has 0 bridgehead atoms. The molecule has 1 aromatic carbocycles. The lowest BCUT2D eigenvalue weighted by Gasteiger charge is -2.50. The van der Waals surface area contributed by atoms with Gasteiger partial charge in [-0.2, -0.15) is 0 Å². The molecule has 3 aliphatic rings. The molecule has 0 unspecified atom stereocenters. The third kappa shape index (κ3) is 3.55. The van der Waals surface area contributed by atoms with Crippen molar-refractivity contribution < 1.29 is 34.8 Å². The molecule has 0 saturated heterocycles. The van der Waals surface area contributed by atoms with Gasteiger partial charge in [-0.3, -0.25) is 19.3 Å². The van der Waals surface area contributed by atoms with E-state index in [0.29, 0.717) is 11.3 Å². The number of aromatic hydroxyl groups is 1. The van der Waals surface area contributed by atoms with Gasteiger partial charge in [0.15, 0.2) is 17.2 Å². The number of rotatable bonds is 4. The van der Waals surface area contributed by atoms with Gasteiger partial charge in [0.2, 0.25) is 5.78 Å². The van der Waals surface area contributed by atoms with Crippen molar-refractivity contribution in [3.05, 3.63) is 58.3 Å². The van der Waals surface area contributed by atoms with Crippen molar-refractivity contribution in [2.75, 3.05) is 33.1 Å². The smallest absolute Gasteiger partial charge is 0.255 e. The van der Waals surface area contributed by atoms with Crippen LogP contribution in [0.2, 0.25) is 0 Å². The molecule has 0 saturated carbocycles. The molecule has 3 aliphatic carbocycles. The highest BCUT2D eigenvalue weighted by molar-refractivity contribution is 6.25. The first kappa shape index (κ1) is 26.3. The highest BCUT2D eigenvalue weighted by Crippen LogP contribution is 2.54. The maximum Gasteiger partial charge on any atom is 0.255 e. The van der Waals surface area contributed by atoms with E-state index >= 15 is 0 Å². The average Bonchev–Trinajstić information content (AvgIpc) is 2.86. The maximum atomic E-state index is 14.0. The molecule has 0 aliphatic heterocycles. The number of nitrogens with zero attached hydrogens (tertiary/aromatic N) is 4. The number of amides is 1. The Hall–Kier alpha value is -4.29. The Kier molecular flexibility index (Phi) is 6.00. The van der Waals surface area contributed by atoms with Gasteiger partial charge in [0.25, 0.3) is 5.91 Å². The molecule has 1 heterocycles. The molecular formula is C27H29N5O7. The van der Waals surface area contributed by atoms with Crippen LogP contribution in [0, 0.1) is 11.8 Å². The minimum Gasteiger partial charge on any atom is -0.510 e. The van der Waals surface area contributed by atoms with Crippen LogP contribution in [0.3, 0.4) is 0 Å². The number of phenolic OH excluding ortho intramolecular Hbond substituents is 1. The number of aliphatic hydroxyl groups excluding tert-OH is 2. The SMILES string of the molecule is CN(C)c1cc(-c2ncccn2)c(O)c2c1C[C@H]1C[C@H]3[C@H](N(C)C)C(O)=C(C(N)=O)C(=O)[C@@]3(O)C(O)=C1C2=O. The summed E-state index contributed by atoms with van der Waals surface area (Å²) in [4.78, 5) is 51.3. The number of Topliss-reactive ketones (excluding diaryl/α,β-unsaturated/α-hetero) is 2. The Morgan fingerprint density at radius 1 is 1.10 bits per heavy atom. The summed E-state index contributed by atoms with van der Waals surface area (Å²) in [6.07, 6.45) is 3.19.